The van der Waals surface area contributed by atoms with Gasteiger partial charge in [0.15, 0.2) is 5.65 Å². The van der Waals surface area contributed by atoms with Crippen molar-refractivity contribution < 1.29 is 4.74 Å². The molecule has 0 saturated carbocycles. The number of hydrogen-bond acceptors (Lipinski definition) is 3. The molecule has 1 saturated heterocycles. The molecule has 3 aromatic rings. The van der Waals surface area contributed by atoms with Gasteiger partial charge in [0.1, 0.15) is 11.3 Å². The molecule has 1 aliphatic rings. The highest BCUT2D eigenvalue weighted by molar-refractivity contribution is 5.71. The Morgan fingerprint density at radius 3 is 2.86 bits per heavy atom. The zero-order valence-corrected chi connectivity index (χ0v) is 12.5. The molecule has 0 amide bonds. The number of aromatic nitrogens is 3. The summed E-state index contributed by atoms with van der Waals surface area (Å²) in [4.78, 5) is 9.33. The van der Waals surface area contributed by atoms with E-state index in [9.17, 15) is 0 Å². The van der Waals surface area contributed by atoms with Gasteiger partial charge in [0.2, 0.25) is 0 Å². The molecule has 22 heavy (non-hydrogen) atoms. The minimum Gasteiger partial charge on any atom is -0.376 e. The molecule has 1 aliphatic heterocycles. The Labute approximate surface area is 129 Å². The van der Waals surface area contributed by atoms with E-state index in [1.54, 1.807) is 0 Å². The minimum absolute atomic E-state index is 0.286. The fourth-order valence-electron chi connectivity index (χ4n) is 3.10. The lowest BCUT2D eigenvalue weighted by Gasteiger charge is -2.13. The summed E-state index contributed by atoms with van der Waals surface area (Å²) in [5, 5.41) is 0. The summed E-state index contributed by atoms with van der Waals surface area (Å²) in [5.74, 6) is 1.07. The van der Waals surface area contributed by atoms with Crippen molar-refractivity contribution in [1.29, 1.82) is 0 Å². The molecule has 3 heterocycles. The van der Waals surface area contributed by atoms with Crippen molar-refractivity contribution >= 4 is 11.2 Å². The summed E-state index contributed by atoms with van der Waals surface area (Å²) in [7, 11) is 0. The van der Waals surface area contributed by atoms with E-state index < -0.39 is 0 Å². The number of ether oxygens (including phenoxy) is 1. The zero-order valence-electron chi connectivity index (χ0n) is 12.5. The fourth-order valence-corrected chi connectivity index (χ4v) is 3.10. The number of benzene rings is 1. The largest absolute Gasteiger partial charge is 0.376 e. The smallest absolute Gasteiger partial charge is 0.160 e. The van der Waals surface area contributed by atoms with Crippen LogP contribution in [0.2, 0.25) is 0 Å². The number of fused-ring (bicyclic) bond motifs is 1. The van der Waals surface area contributed by atoms with Crippen molar-refractivity contribution in [2.24, 2.45) is 0 Å². The van der Waals surface area contributed by atoms with Crippen molar-refractivity contribution in [2.45, 2.75) is 31.9 Å². The fraction of sp³-hybridized carbons (Fsp3) is 0.333. The normalized spacial score (nSPS) is 18.1. The Bertz CT molecular complexity index is 760. The molecule has 4 rings (SSSR count). The lowest BCUT2D eigenvalue weighted by molar-refractivity contribution is 0.0971. The first kappa shape index (κ1) is 13.5. The first-order valence-electron chi connectivity index (χ1n) is 7.86. The molecule has 0 N–H and O–H groups in total. The van der Waals surface area contributed by atoms with Gasteiger partial charge in [-0.05, 0) is 30.5 Å². The maximum atomic E-state index is 5.80. The van der Waals surface area contributed by atoms with Crippen LogP contribution in [-0.4, -0.2) is 27.2 Å². The monoisotopic (exact) mass is 293 g/mol. The van der Waals surface area contributed by atoms with Gasteiger partial charge in [0.25, 0.3) is 0 Å². The second-order valence-electron chi connectivity index (χ2n) is 5.78. The van der Waals surface area contributed by atoms with Crippen LogP contribution in [0.1, 0.15) is 24.2 Å². The molecular weight excluding hydrogens is 274 g/mol. The molecule has 2 aromatic heterocycles. The van der Waals surface area contributed by atoms with E-state index in [1.807, 2.05) is 24.4 Å². The molecule has 4 nitrogen and oxygen atoms in total. The van der Waals surface area contributed by atoms with Crippen molar-refractivity contribution in [1.82, 2.24) is 14.5 Å². The molecule has 0 radical (unpaired) electrons. The van der Waals surface area contributed by atoms with Crippen LogP contribution in [-0.2, 0) is 17.7 Å². The van der Waals surface area contributed by atoms with Crippen LogP contribution in [0.4, 0.5) is 0 Å². The summed E-state index contributed by atoms with van der Waals surface area (Å²) >= 11 is 0. The van der Waals surface area contributed by atoms with Gasteiger partial charge in [-0.15, -0.1) is 0 Å². The molecule has 112 valence electrons. The molecule has 0 spiro atoms. The summed E-state index contributed by atoms with van der Waals surface area (Å²) in [6, 6.07) is 14.4. The van der Waals surface area contributed by atoms with Gasteiger partial charge < -0.3 is 9.30 Å². The predicted molar refractivity (Wildman–Crippen MR) is 85.8 cm³/mol. The number of imidazole rings is 1. The van der Waals surface area contributed by atoms with Crippen molar-refractivity contribution in [2.75, 3.05) is 6.61 Å². The SMILES string of the molecule is c1ccc(Cc2nc3cccnc3n2CC2CCCO2)cc1. The van der Waals surface area contributed by atoms with E-state index in [4.69, 9.17) is 9.72 Å². The molecule has 0 aliphatic carbocycles. The summed E-state index contributed by atoms with van der Waals surface area (Å²) in [6.07, 6.45) is 5.22. The molecule has 1 fully saturated rings. The molecular formula is C18H19N3O. The minimum atomic E-state index is 0.286. The molecule has 0 bridgehead atoms. The maximum absolute atomic E-state index is 5.80. The van der Waals surface area contributed by atoms with Gasteiger partial charge in [-0.2, -0.15) is 0 Å². The standard InChI is InChI=1S/C18H19N3O/c1-2-6-14(7-3-1)12-17-20-16-9-4-10-19-18(16)21(17)13-15-8-5-11-22-15/h1-4,6-7,9-10,15H,5,8,11-13H2. The van der Waals surface area contributed by atoms with E-state index in [-0.39, 0.29) is 6.10 Å². The summed E-state index contributed by atoms with van der Waals surface area (Å²) in [6.45, 7) is 1.72. The lowest BCUT2D eigenvalue weighted by atomic mass is 10.1. The molecule has 1 atom stereocenters. The molecule has 4 heteroatoms. The second-order valence-corrected chi connectivity index (χ2v) is 5.78. The van der Waals surface area contributed by atoms with E-state index in [2.05, 4.69) is 33.8 Å². The van der Waals surface area contributed by atoms with E-state index in [1.165, 1.54) is 5.56 Å². The number of rotatable bonds is 4. The van der Waals surface area contributed by atoms with Crippen molar-refractivity contribution in [3.8, 4) is 0 Å². The Morgan fingerprint density at radius 1 is 1.14 bits per heavy atom. The third-order valence-electron chi connectivity index (χ3n) is 4.20. The quantitative estimate of drug-likeness (QED) is 0.741. The maximum Gasteiger partial charge on any atom is 0.160 e. The van der Waals surface area contributed by atoms with Gasteiger partial charge in [0.05, 0.1) is 12.6 Å². The Hall–Kier alpha value is -2.20. The van der Waals surface area contributed by atoms with E-state index >= 15 is 0 Å². The van der Waals surface area contributed by atoms with Gasteiger partial charge in [-0.3, -0.25) is 0 Å². The number of nitrogens with zero attached hydrogens (tertiary/aromatic N) is 3. The van der Waals surface area contributed by atoms with Crippen molar-refractivity contribution in [3.63, 3.8) is 0 Å². The third kappa shape index (κ3) is 2.62. The van der Waals surface area contributed by atoms with Gasteiger partial charge in [-0.25, -0.2) is 9.97 Å². The lowest BCUT2D eigenvalue weighted by Crippen LogP contribution is -2.17. The average molecular weight is 293 g/mol. The number of hydrogen-bond donors (Lipinski definition) is 0. The van der Waals surface area contributed by atoms with Gasteiger partial charge in [0, 0.05) is 19.2 Å². The summed E-state index contributed by atoms with van der Waals surface area (Å²) < 4.78 is 8.04. The van der Waals surface area contributed by atoms with Gasteiger partial charge >= 0.3 is 0 Å². The third-order valence-corrected chi connectivity index (χ3v) is 4.20. The number of pyridine rings is 1. The Morgan fingerprint density at radius 2 is 2.05 bits per heavy atom. The topological polar surface area (TPSA) is 39.9 Å². The predicted octanol–water partition coefficient (Wildman–Crippen LogP) is 3.20. The van der Waals surface area contributed by atoms with Crippen LogP contribution < -0.4 is 0 Å². The van der Waals surface area contributed by atoms with E-state index in [0.29, 0.717) is 0 Å². The highest BCUT2D eigenvalue weighted by Gasteiger charge is 2.20. The first-order chi connectivity index (χ1) is 10.9. The van der Waals surface area contributed by atoms with E-state index in [0.717, 1.165) is 49.4 Å². The van der Waals surface area contributed by atoms with Crippen LogP contribution in [0, 0.1) is 0 Å². The van der Waals surface area contributed by atoms with Crippen LogP contribution in [0.5, 0.6) is 0 Å². The molecule has 1 aromatic carbocycles. The first-order valence-corrected chi connectivity index (χ1v) is 7.86. The van der Waals surface area contributed by atoms with Crippen LogP contribution >= 0.6 is 0 Å². The second kappa shape index (κ2) is 5.89. The highest BCUT2D eigenvalue weighted by atomic mass is 16.5. The van der Waals surface area contributed by atoms with Crippen LogP contribution in [0.25, 0.3) is 11.2 Å². The van der Waals surface area contributed by atoms with Crippen LogP contribution in [0.3, 0.4) is 0 Å². The Balaban J connectivity index is 1.72. The molecule has 1 unspecified atom stereocenters. The van der Waals surface area contributed by atoms with Crippen LogP contribution in [0.15, 0.2) is 48.7 Å². The summed E-state index contributed by atoms with van der Waals surface area (Å²) in [5.41, 5.74) is 3.20. The average Bonchev–Trinajstić information content (AvgIpc) is 3.18. The van der Waals surface area contributed by atoms with Gasteiger partial charge in [-0.1, -0.05) is 30.3 Å². The highest BCUT2D eigenvalue weighted by Crippen LogP contribution is 2.21. The van der Waals surface area contributed by atoms with Crippen molar-refractivity contribution in [3.05, 3.63) is 60.0 Å². The Kier molecular flexibility index (Phi) is 3.60. The zero-order chi connectivity index (χ0) is 14.8.